The number of aromatic nitrogens is 2. The molecule has 0 aromatic carbocycles. The van der Waals surface area contributed by atoms with Crippen LogP contribution in [-0.2, 0) is 6.54 Å². The lowest BCUT2D eigenvalue weighted by Gasteiger charge is -2.04. The van der Waals surface area contributed by atoms with Gasteiger partial charge in [0.15, 0.2) is 0 Å². The van der Waals surface area contributed by atoms with Crippen molar-refractivity contribution in [3.05, 3.63) is 29.5 Å². The van der Waals surface area contributed by atoms with E-state index in [1.165, 1.54) is 0 Å². The summed E-state index contributed by atoms with van der Waals surface area (Å²) in [5, 5.41) is 4.93. The van der Waals surface area contributed by atoms with Crippen molar-refractivity contribution in [1.82, 2.24) is 14.9 Å². The zero-order valence-electron chi connectivity index (χ0n) is 8.00. The van der Waals surface area contributed by atoms with Crippen molar-refractivity contribution in [2.45, 2.75) is 6.54 Å². The molecule has 2 heterocycles. The Morgan fingerprint density at radius 1 is 1.57 bits per heavy atom. The molecule has 1 N–H and O–H groups in total. The van der Waals surface area contributed by atoms with Gasteiger partial charge in [-0.2, -0.15) is 0 Å². The molecule has 14 heavy (non-hydrogen) atoms. The lowest BCUT2D eigenvalue weighted by molar-refractivity contribution is 0.659. The summed E-state index contributed by atoms with van der Waals surface area (Å²) in [4.78, 5) is 4.31. The molecule has 2 rings (SSSR count). The highest BCUT2D eigenvalue weighted by Crippen LogP contribution is 2.20. The molecule has 0 saturated heterocycles. The van der Waals surface area contributed by atoms with Gasteiger partial charge in [0.2, 0.25) is 0 Å². The maximum Gasteiger partial charge on any atom is 0.141 e. The van der Waals surface area contributed by atoms with Crippen LogP contribution in [0.3, 0.4) is 0 Å². The van der Waals surface area contributed by atoms with Crippen molar-refractivity contribution >= 4 is 22.6 Å². The maximum atomic E-state index is 6.10. The zero-order valence-corrected chi connectivity index (χ0v) is 8.75. The number of nitrogens with one attached hydrogen (secondary N) is 1. The number of pyridine rings is 1. The fourth-order valence-electron chi connectivity index (χ4n) is 1.49. The second kappa shape index (κ2) is 3.98. The lowest BCUT2D eigenvalue weighted by atomic mass is 10.3. The van der Waals surface area contributed by atoms with Gasteiger partial charge in [-0.25, -0.2) is 4.98 Å². The highest BCUT2D eigenvalue weighted by Gasteiger charge is 2.06. The summed E-state index contributed by atoms with van der Waals surface area (Å²) in [7, 11) is 1.92. The van der Waals surface area contributed by atoms with Crippen LogP contribution in [0.25, 0.3) is 11.0 Å². The van der Waals surface area contributed by atoms with E-state index < -0.39 is 0 Å². The first-order chi connectivity index (χ1) is 6.83. The third-order valence-corrected chi connectivity index (χ3v) is 2.50. The number of hydrogen-bond acceptors (Lipinski definition) is 2. The van der Waals surface area contributed by atoms with E-state index in [9.17, 15) is 0 Å². The number of likely N-dealkylation sites (N-methyl/N-ethyl adjacent to an activating group) is 1. The zero-order chi connectivity index (χ0) is 9.97. The van der Waals surface area contributed by atoms with Gasteiger partial charge in [-0.15, -0.1) is 0 Å². The van der Waals surface area contributed by atoms with Gasteiger partial charge >= 0.3 is 0 Å². The Morgan fingerprint density at radius 2 is 2.43 bits per heavy atom. The van der Waals surface area contributed by atoms with Crippen molar-refractivity contribution in [2.75, 3.05) is 13.6 Å². The van der Waals surface area contributed by atoms with Crippen LogP contribution in [0.1, 0.15) is 0 Å². The molecule has 74 valence electrons. The van der Waals surface area contributed by atoms with Crippen molar-refractivity contribution < 1.29 is 0 Å². The van der Waals surface area contributed by atoms with Gasteiger partial charge in [-0.05, 0) is 25.2 Å². The molecule has 2 aromatic heterocycles. The predicted molar refractivity (Wildman–Crippen MR) is 58.7 cm³/mol. The monoisotopic (exact) mass is 209 g/mol. The van der Waals surface area contributed by atoms with Crippen LogP contribution < -0.4 is 5.32 Å². The first-order valence-electron chi connectivity index (χ1n) is 4.57. The first kappa shape index (κ1) is 9.49. The molecular formula is C10H12ClN3. The first-order valence-corrected chi connectivity index (χ1v) is 4.95. The smallest absolute Gasteiger partial charge is 0.141 e. The fraction of sp³-hybridized carbons (Fsp3) is 0.300. The summed E-state index contributed by atoms with van der Waals surface area (Å²) in [5.41, 5.74) is 0.952. The van der Waals surface area contributed by atoms with Crippen molar-refractivity contribution in [1.29, 1.82) is 0 Å². The molecule has 0 aliphatic rings. The molecule has 4 heteroatoms. The number of hydrogen-bond donors (Lipinski definition) is 1. The average molecular weight is 210 g/mol. The van der Waals surface area contributed by atoms with E-state index in [2.05, 4.69) is 10.3 Å². The van der Waals surface area contributed by atoms with Crippen molar-refractivity contribution in [3.8, 4) is 0 Å². The molecule has 0 aliphatic heterocycles. The minimum atomic E-state index is 0.744. The van der Waals surface area contributed by atoms with Crippen molar-refractivity contribution in [2.24, 2.45) is 0 Å². The molecular weight excluding hydrogens is 198 g/mol. The summed E-state index contributed by atoms with van der Waals surface area (Å²) in [6.07, 6.45) is 1.79. The Labute approximate surface area is 87.7 Å². The topological polar surface area (TPSA) is 29.9 Å². The molecule has 0 bridgehead atoms. The molecule has 0 fully saturated rings. The summed E-state index contributed by atoms with van der Waals surface area (Å²) < 4.78 is 2.01. The quantitative estimate of drug-likeness (QED) is 0.837. The molecule has 0 unspecified atom stereocenters. The van der Waals surface area contributed by atoms with Gasteiger partial charge in [0.1, 0.15) is 10.8 Å². The van der Waals surface area contributed by atoms with E-state index in [1.807, 2.05) is 29.8 Å². The molecule has 0 aliphatic carbocycles. The highest BCUT2D eigenvalue weighted by atomic mass is 35.5. The molecule has 0 radical (unpaired) electrons. The number of fused-ring (bicyclic) bond motifs is 1. The van der Waals surface area contributed by atoms with Crippen LogP contribution in [0.4, 0.5) is 0 Å². The number of rotatable bonds is 3. The summed E-state index contributed by atoms with van der Waals surface area (Å²) in [6, 6.07) is 5.88. The summed E-state index contributed by atoms with van der Waals surface area (Å²) >= 11 is 6.10. The predicted octanol–water partition coefficient (Wildman–Crippen LogP) is 1.91. The fourth-order valence-corrected chi connectivity index (χ4v) is 1.77. The van der Waals surface area contributed by atoms with Crippen LogP contribution in [0, 0.1) is 0 Å². The van der Waals surface area contributed by atoms with E-state index in [0.717, 1.165) is 29.3 Å². The van der Waals surface area contributed by atoms with E-state index in [0.29, 0.717) is 0 Å². The Kier molecular flexibility index (Phi) is 2.70. The Bertz CT molecular complexity index is 436. The Hall–Kier alpha value is -1.06. The van der Waals surface area contributed by atoms with Crippen LogP contribution in [0.5, 0.6) is 0 Å². The number of nitrogens with zero attached hydrogens (tertiary/aromatic N) is 2. The second-order valence-corrected chi connectivity index (χ2v) is 3.53. The van der Waals surface area contributed by atoms with Crippen LogP contribution in [-0.4, -0.2) is 23.1 Å². The third-order valence-electron chi connectivity index (χ3n) is 2.19. The summed E-state index contributed by atoms with van der Waals surface area (Å²) in [5.74, 6) is 0. The van der Waals surface area contributed by atoms with Gasteiger partial charge in [-0.3, -0.25) is 0 Å². The molecule has 0 atom stereocenters. The number of halogens is 1. The summed E-state index contributed by atoms with van der Waals surface area (Å²) in [6.45, 7) is 1.73. The standard InChI is InChI=1S/C10H12ClN3/c1-12-5-6-14-9(11)7-8-3-2-4-13-10(8)14/h2-4,7,12H,5-6H2,1H3. The van der Waals surface area contributed by atoms with Crippen LogP contribution >= 0.6 is 11.6 Å². The highest BCUT2D eigenvalue weighted by molar-refractivity contribution is 6.30. The van der Waals surface area contributed by atoms with E-state index in [4.69, 9.17) is 11.6 Å². The second-order valence-electron chi connectivity index (χ2n) is 3.14. The average Bonchev–Trinajstić information content (AvgIpc) is 2.51. The lowest BCUT2D eigenvalue weighted by Crippen LogP contribution is -2.15. The largest absolute Gasteiger partial charge is 0.318 e. The van der Waals surface area contributed by atoms with Crippen LogP contribution in [0.15, 0.2) is 24.4 Å². The molecule has 0 spiro atoms. The van der Waals surface area contributed by atoms with E-state index >= 15 is 0 Å². The maximum absolute atomic E-state index is 6.10. The van der Waals surface area contributed by atoms with Gasteiger partial charge in [0.05, 0.1) is 0 Å². The SMILES string of the molecule is CNCCn1c(Cl)cc2cccnc21. The Morgan fingerprint density at radius 3 is 3.21 bits per heavy atom. The minimum Gasteiger partial charge on any atom is -0.318 e. The normalized spacial score (nSPS) is 11.0. The van der Waals surface area contributed by atoms with Gasteiger partial charge in [0.25, 0.3) is 0 Å². The van der Waals surface area contributed by atoms with E-state index in [-0.39, 0.29) is 0 Å². The van der Waals surface area contributed by atoms with E-state index in [1.54, 1.807) is 6.20 Å². The third kappa shape index (κ3) is 1.61. The van der Waals surface area contributed by atoms with Crippen molar-refractivity contribution in [3.63, 3.8) is 0 Å². The molecule has 3 nitrogen and oxygen atoms in total. The molecule has 0 saturated carbocycles. The van der Waals surface area contributed by atoms with Crippen LogP contribution in [0.2, 0.25) is 5.15 Å². The van der Waals surface area contributed by atoms with Gasteiger partial charge in [0, 0.05) is 24.7 Å². The minimum absolute atomic E-state index is 0.744. The van der Waals surface area contributed by atoms with Gasteiger partial charge < -0.3 is 9.88 Å². The molecule has 2 aromatic rings. The van der Waals surface area contributed by atoms with Gasteiger partial charge in [-0.1, -0.05) is 11.6 Å². The molecule has 0 amide bonds. The Balaban J connectivity index is 2.45.